The van der Waals surface area contributed by atoms with Crippen LogP contribution >= 0.6 is 0 Å². The van der Waals surface area contributed by atoms with Gasteiger partial charge in [0.15, 0.2) is 12.7 Å². The molecule has 7 nitrogen and oxygen atoms in total. The number of rotatable bonds is 7. The summed E-state index contributed by atoms with van der Waals surface area (Å²) in [4.78, 5) is 34.9. The smallest absolute Gasteiger partial charge is 0.338 e. The van der Waals surface area contributed by atoms with E-state index in [1.165, 1.54) is 43.3 Å². The Hall–Kier alpha value is -3.42. The summed E-state index contributed by atoms with van der Waals surface area (Å²) < 4.78 is 23.7. The van der Waals surface area contributed by atoms with Crippen molar-refractivity contribution < 1.29 is 28.2 Å². The zero-order valence-electron chi connectivity index (χ0n) is 14.8. The molecule has 0 saturated carbocycles. The summed E-state index contributed by atoms with van der Waals surface area (Å²) >= 11 is 0. The van der Waals surface area contributed by atoms with Crippen LogP contribution in [0.2, 0.25) is 0 Å². The molecule has 142 valence electrons. The van der Waals surface area contributed by atoms with Gasteiger partial charge in [0.25, 0.3) is 11.8 Å². The number of aryl methyl sites for hydroxylation is 1. The van der Waals surface area contributed by atoms with Crippen molar-refractivity contribution in [1.29, 1.82) is 0 Å². The van der Waals surface area contributed by atoms with Crippen molar-refractivity contribution in [3.8, 4) is 5.75 Å². The Balaban J connectivity index is 1.92. The van der Waals surface area contributed by atoms with Crippen LogP contribution in [-0.2, 0) is 14.3 Å². The maximum atomic E-state index is 13.5. The van der Waals surface area contributed by atoms with E-state index >= 15 is 0 Å². The summed E-state index contributed by atoms with van der Waals surface area (Å²) in [5.74, 6) is -2.01. The molecule has 2 amide bonds. The molecule has 0 heterocycles. The Morgan fingerprint density at radius 3 is 2.41 bits per heavy atom. The highest BCUT2D eigenvalue weighted by molar-refractivity contribution is 5.97. The van der Waals surface area contributed by atoms with E-state index in [0.717, 1.165) is 0 Å². The summed E-state index contributed by atoms with van der Waals surface area (Å²) in [6, 6.07) is 10.1. The number of carbonyl (C=O) groups excluding carboxylic acids is 3. The van der Waals surface area contributed by atoms with E-state index in [9.17, 15) is 18.8 Å². The lowest BCUT2D eigenvalue weighted by Gasteiger charge is -2.14. The highest BCUT2D eigenvalue weighted by Gasteiger charge is 2.19. The number of nitrogens with two attached hydrogens (primary N) is 1. The standard InChI is InChI=1S/C19H19FN2O5/c1-11-3-6-14(9-16(11)20)22-18(24)12(2)27-19(25)13-4-7-15(8-5-13)26-10-17(21)23/h3-9,12H,10H2,1-2H3,(H2,21,23)(H,22,24)/t12-/m0/s1. The van der Waals surface area contributed by atoms with Gasteiger partial charge >= 0.3 is 5.97 Å². The number of carbonyl (C=O) groups is 3. The number of primary amides is 1. The van der Waals surface area contributed by atoms with Crippen LogP contribution < -0.4 is 15.8 Å². The minimum Gasteiger partial charge on any atom is -0.484 e. The first-order chi connectivity index (χ1) is 12.8. The zero-order chi connectivity index (χ0) is 20.0. The number of benzene rings is 2. The molecule has 3 N–H and O–H groups in total. The molecule has 2 aromatic carbocycles. The van der Waals surface area contributed by atoms with Gasteiger partial charge in [-0.15, -0.1) is 0 Å². The second-order valence-corrected chi connectivity index (χ2v) is 5.78. The van der Waals surface area contributed by atoms with Crippen LogP contribution in [0.5, 0.6) is 5.75 Å². The number of halogens is 1. The molecular formula is C19H19FN2O5. The van der Waals surface area contributed by atoms with Crippen LogP contribution in [0.3, 0.4) is 0 Å². The number of amides is 2. The number of esters is 1. The fourth-order valence-corrected chi connectivity index (χ4v) is 2.04. The van der Waals surface area contributed by atoms with E-state index in [0.29, 0.717) is 11.3 Å². The molecule has 8 heteroatoms. The highest BCUT2D eigenvalue weighted by Crippen LogP contribution is 2.16. The van der Waals surface area contributed by atoms with E-state index < -0.39 is 29.7 Å². The SMILES string of the molecule is Cc1ccc(NC(=O)[C@H](C)OC(=O)c2ccc(OCC(N)=O)cc2)cc1F. The van der Waals surface area contributed by atoms with Crippen LogP contribution in [0.15, 0.2) is 42.5 Å². The molecule has 0 aromatic heterocycles. The largest absolute Gasteiger partial charge is 0.484 e. The molecule has 0 aliphatic carbocycles. The van der Waals surface area contributed by atoms with Crippen molar-refractivity contribution in [3.05, 3.63) is 59.4 Å². The Bertz CT molecular complexity index is 852. The van der Waals surface area contributed by atoms with Crippen molar-refractivity contribution in [2.45, 2.75) is 20.0 Å². The van der Waals surface area contributed by atoms with Crippen molar-refractivity contribution in [2.24, 2.45) is 5.73 Å². The summed E-state index contributed by atoms with van der Waals surface area (Å²) in [6.45, 7) is 2.73. The van der Waals surface area contributed by atoms with Crippen molar-refractivity contribution in [3.63, 3.8) is 0 Å². The third-order valence-electron chi connectivity index (χ3n) is 3.56. The Morgan fingerprint density at radius 1 is 1.15 bits per heavy atom. The number of hydrogen-bond acceptors (Lipinski definition) is 5. The summed E-state index contributed by atoms with van der Waals surface area (Å²) in [5.41, 5.74) is 5.89. The molecule has 0 aliphatic rings. The van der Waals surface area contributed by atoms with Crippen molar-refractivity contribution in [1.82, 2.24) is 0 Å². The maximum absolute atomic E-state index is 13.5. The second-order valence-electron chi connectivity index (χ2n) is 5.78. The van der Waals surface area contributed by atoms with E-state index in [4.69, 9.17) is 15.2 Å². The average molecular weight is 374 g/mol. The quantitative estimate of drug-likeness (QED) is 0.722. The minimum absolute atomic E-state index is 0.197. The molecule has 1 atom stereocenters. The number of anilines is 1. The van der Waals surface area contributed by atoms with Crippen LogP contribution in [0.25, 0.3) is 0 Å². The van der Waals surface area contributed by atoms with Gasteiger partial charge < -0.3 is 20.5 Å². The number of hydrogen-bond donors (Lipinski definition) is 2. The van der Waals surface area contributed by atoms with Gasteiger partial charge in [-0.2, -0.15) is 0 Å². The molecule has 0 fully saturated rings. The lowest BCUT2D eigenvalue weighted by Crippen LogP contribution is -2.30. The normalized spacial score (nSPS) is 11.4. The van der Waals surface area contributed by atoms with Crippen molar-refractivity contribution in [2.75, 3.05) is 11.9 Å². The summed E-state index contributed by atoms with van der Waals surface area (Å²) in [5, 5.41) is 2.48. The van der Waals surface area contributed by atoms with Gasteiger partial charge in [0.05, 0.1) is 5.56 Å². The first kappa shape index (κ1) is 19.9. The average Bonchev–Trinajstić information content (AvgIpc) is 2.63. The van der Waals surface area contributed by atoms with E-state index in [1.807, 2.05) is 0 Å². The fourth-order valence-electron chi connectivity index (χ4n) is 2.04. The Morgan fingerprint density at radius 2 is 1.81 bits per heavy atom. The van der Waals surface area contributed by atoms with E-state index in [-0.39, 0.29) is 17.9 Å². The Labute approximate surface area is 155 Å². The third kappa shape index (κ3) is 5.81. The van der Waals surface area contributed by atoms with Gasteiger partial charge in [0.2, 0.25) is 0 Å². The monoisotopic (exact) mass is 374 g/mol. The van der Waals surface area contributed by atoms with Crippen LogP contribution in [0.4, 0.5) is 10.1 Å². The van der Waals surface area contributed by atoms with Gasteiger partial charge in [-0.25, -0.2) is 9.18 Å². The second kappa shape index (κ2) is 8.79. The molecule has 0 aliphatic heterocycles. The third-order valence-corrected chi connectivity index (χ3v) is 3.56. The predicted octanol–water partition coefficient (Wildman–Crippen LogP) is 2.18. The highest BCUT2D eigenvalue weighted by atomic mass is 19.1. The molecule has 2 aromatic rings. The van der Waals surface area contributed by atoms with Crippen LogP contribution in [-0.4, -0.2) is 30.5 Å². The summed E-state index contributed by atoms with van der Waals surface area (Å²) in [7, 11) is 0. The van der Waals surface area contributed by atoms with Crippen LogP contribution in [0, 0.1) is 12.7 Å². The lowest BCUT2D eigenvalue weighted by molar-refractivity contribution is -0.123. The van der Waals surface area contributed by atoms with Gasteiger partial charge in [-0.05, 0) is 55.8 Å². The number of nitrogens with one attached hydrogen (secondary N) is 1. The summed E-state index contributed by atoms with van der Waals surface area (Å²) in [6.07, 6.45) is -1.09. The topological polar surface area (TPSA) is 108 Å². The molecular weight excluding hydrogens is 355 g/mol. The van der Waals surface area contributed by atoms with Gasteiger partial charge in [0.1, 0.15) is 11.6 Å². The molecule has 2 rings (SSSR count). The predicted molar refractivity (Wildman–Crippen MR) is 95.8 cm³/mol. The molecule has 0 saturated heterocycles. The lowest BCUT2D eigenvalue weighted by atomic mass is 10.2. The molecule has 0 radical (unpaired) electrons. The van der Waals surface area contributed by atoms with Gasteiger partial charge in [0, 0.05) is 5.69 Å². The maximum Gasteiger partial charge on any atom is 0.338 e. The Kier molecular flexibility index (Phi) is 6.48. The van der Waals surface area contributed by atoms with Crippen molar-refractivity contribution >= 4 is 23.5 Å². The first-order valence-electron chi connectivity index (χ1n) is 8.05. The minimum atomic E-state index is -1.09. The van der Waals surface area contributed by atoms with Gasteiger partial charge in [-0.3, -0.25) is 9.59 Å². The van der Waals surface area contributed by atoms with E-state index in [1.54, 1.807) is 13.0 Å². The molecule has 0 bridgehead atoms. The molecule has 0 spiro atoms. The molecule has 0 unspecified atom stereocenters. The zero-order valence-corrected chi connectivity index (χ0v) is 14.8. The van der Waals surface area contributed by atoms with E-state index in [2.05, 4.69) is 5.32 Å². The van der Waals surface area contributed by atoms with Gasteiger partial charge in [-0.1, -0.05) is 6.07 Å². The fraction of sp³-hybridized carbons (Fsp3) is 0.211. The number of ether oxygens (including phenoxy) is 2. The van der Waals surface area contributed by atoms with Crippen LogP contribution in [0.1, 0.15) is 22.8 Å². The molecule has 27 heavy (non-hydrogen) atoms. The first-order valence-corrected chi connectivity index (χ1v) is 8.05.